The van der Waals surface area contributed by atoms with Crippen LogP contribution >= 0.6 is 0 Å². The van der Waals surface area contributed by atoms with Crippen LogP contribution in [0, 0.1) is 20.8 Å². The molecule has 0 bridgehead atoms. The lowest BCUT2D eigenvalue weighted by Gasteiger charge is -2.20. The lowest BCUT2D eigenvalue weighted by Crippen LogP contribution is -2.39. The molecule has 112 valence electrons. The van der Waals surface area contributed by atoms with Crippen molar-refractivity contribution in [2.45, 2.75) is 52.7 Å². The molecule has 0 radical (unpaired) electrons. The quantitative estimate of drug-likeness (QED) is 0.810. The van der Waals surface area contributed by atoms with Crippen LogP contribution in [0.25, 0.3) is 0 Å². The van der Waals surface area contributed by atoms with Crippen molar-refractivity contribution in [3.05, 3.63) is 28.8 Å². The molecule has 1 N–H and O–H groups in total. The largest absolute Gasteiger partial charge is 0.492 e. The van der Waals surface area contributed by atoms with Crippen LogP contribution in [0.2, 0.25) is 0 Å². The van der Waals surface area contributed by atoms with Crippen molar-refractivity contribution in [3.8, 4) is 5.75 Å². The first-order valence-electron chi connectivity index (χ1n) is 7.64. The molecule has 1 aromatic carbocycles. The molecule has 3 nitrogen and oxygen atoms in total. The first kappa shape index (κ1) is 15.3. The summed E-state index contributed by atoms with van der Waals surface area (Å²) >= 11 is 0. The summed E-state index contributed by atoms with van der Waals surface area (Å²) in [5.41, 5.74) is 3.74. The average Bonchev–Trinajstić information content (AvgIpc) is 2.96. The van der Waals surface area contributed by atoms with Gasteiger partial charge in [0.1, 0.15) is 12.4 Å². The second-order valence-corrected chi connectivity index (χ2v) is 5.80. The summed E-state index contributed by atoms with van der Waals surface area (Å²) in [6.07, 6.45) is 2.73. The summed E-state index contributed by atoms with van der Waals surface area (Å²) in [6.45, 7) is 11.0. The third-order valence-corrected chi connectivity index (χ3v) is 4.21. The van der Waals surface area contributed by atoms with Gasteiger partial charge in [-0.15, -0.1) is 0 Å². The van der Waals surface area contributed by atoms with Gasteiger partial charge in [0.15, 0.2) is 0 Å². The van der Waals surface area contributed by atoms with Crippen LogP contribution in [-0.4, -0.2) is 31.9 Å². The van der Waals surface area contributed by atoms with Crippen LogP contribution in [0.4, 0.5) is 0 Å². The Hall–Kier alpha value is -1.06. The molecule has 0 saturated carbocycles. The van der Waals surface area contributed by atoms with E-state index in [9.17, 15) is 0 Å². The van der Waals surface area contributed by atoms with E-state index in [1.807, 2.05) is 0 Å². The highest BCUT2D eigenvalue weighted by Crippen LogP contribution is 2.25. The highest BCUT2D eigenvalue weighted by atomic mass is 16.5. The summed E-state index contributed by atoms with van der Waals surface area (Å²) in [5.74, 6) is 1.04. The Morgan fingerprint density at radius 1 is 1.30 bits per heavy atom. The summed E-state index contributed by atoms with van der Waals surface area (Å²) in [4.78, 5) is 0. The minimum atomic E-state index is 0.373. The number of rotatable bonds is 6. The van der Waals surface area contributed by atoms with E-state index < -0.39 is 0 Å². The monoisotopic (exact) mass is 277 g/mol. The molecule has 1 aromatic rings. The van der Waals surface area contributed by atoms with Crippen LogP contribution < -0.4 is 10.1 Å². The molecule has 1 aliphatic heterocycles. The van der Waals surface area contributed by atoms with Gasteiger partial charge in [-0.05, 0) is 57.2 Å². The Bertz CT molecular complexity index is 439. The first-order chi connectivity index (χ1) is 9.59. The summed E-state index contributed by atoms with van der Waals surface area (Å²) in [6, 6.07) is 4.68. The molecule has 1 aliphatic rings. The molecule has 2 unspecified atom stereocenters. The van der Waals surface area contributed by atoms with Crippen molar-refractivity contribution in [1.82, 2.24) is 5.32 Å². The summed E-state index contributed by atoms with van der Waals surface area (Å²) in [5, 5.41) is 3.50. The van der Waals surface area contributed by atoms with Crippen molar-refractivity contribution < 1.29 is 9.47 Å². The van der Waals surface area contributed by atoms with E-state index in [2.05, 4.69) is 45.1 Å². The Morgan fingerprint density at radius 3 is 2.75 bits per heavy atom. The fraction of sp³-hybridized carbons (Fsp3) is 0.647. The molecule has 2 rings (SSSR count). The molecule has 0 amide bonds. The topological polar surface area (TPSA) is 30.5 Å². The zero-order valence-electron chi connectivity index (χ0n) is 13.2. The maximum atomic E-state index is 5.96. The normalized spacial score (nSPS) is 20.1. The molecule has 0 spiro atoms. The van der Waals surface area contributed by atoms with Gasteiger partial charge in [0.2, 0.25) is 0 Å². The third-order valence-electron chi connectivity index (χ3n) is 4.21. The smallest absolute Gasteiger partial charge is 0.125 e. The lowest BCUT2D eigenvalue weighted by molar-refractivity contribution is 0.0824. The van der Waals surface area contributed by atoms with E-state index >= 15 is 0 Å². The minimum Gasteiger partial charge on any atom is -0.492 e. The Balaban J connectivity index is 1.77. The molecule has 1 saturated heterocycles. The maximum Gasteiger partial charge on any atom is 0.125 e. The number of ether oxygens (including phenoxy) is 2. The van der Waals surface area contributed by atoms with Gasteiger partial charge in [-0.2, -0.15) is 0 Å². The van der Waals surface area contributed by atoms with Crippen molar-refractivity contribution in [3.63, 3.8) is 0 Å². The fourth-order valence-corrected chi connectivity index (χ4v) is 2.72. The first-order valence-corrected chi connectivity index (χ1v) is 7.64. The molecular formula is C17H27NO2. The van der Waals surface area contributed by atoms with Gasteiger partial charge >= 0.3 is 0 Å². The second kappa shape index (κ2) is 7.09. The molecule has 20 heavy (non-hydrogen) atoms. The maximum absolute atomic E-state index is 5.96. The number of aryl methyl sites for hydroxylation is 2. The average molecular weight is 277 g/mol. The van der Waals surface area contributed by atoms with Gasteiger partial charge in [-0.25, -0.2) is 0 Å². The second-order valence-electron chi connectivity index (χ2n) is 5.80. The zero-order valence-corrected chi connectivity index (χ0v) is 13.2. The van der Waals surface area contributed by atoms with E-state index in [1.165, 1.54) is 29.5 Å². The van der Waals surface area contributed by atoms with E-state index in [4.69, 9.17) is 9.47 Å². The van der Waals surface area contributed by atoms with E-state index in [0.717, 1.165) is 18.9 Å². The molecular weight excluding hydrogens is 250 g/mol. The SMILES string of the molecule is Cc1ccc(C)c(OCCNC(C)C2CCCO2)c1C. The van der Waals surface area contributed by atoms with Crippen LogP contribution in [0.3, 0.4) is 0 Å². The van der Waals surface area contributed by atoms with Gasteiger partial charge in [0, 0.05) is 19.2 Å². The van der Waals surface area contributed by atoms with Crippen LogP contribution in [0.15, 0.2) is 12.1 Å². The van der Waals surface area contributed by atoms with Crippen LogP contribution in [-0.2, 0) is 4.74 Å². The molecule has 0 aromatic heterocycles. The van der Waals surface area contributed by atoms with Crippen molar-refractivity contribution in [2.24, 2.45) is 0 Å². The summed E-state index contributed by atoms with van der Waals surface area (Å²) in [7, 11) is 0. The molecule has 1 fully saturated rings. The van der Waals surface area contributed by atoms with Crippen LogP contribution in [0.1, 0.15) is 36.5 Å². The standard InChI is InChI=1S/C17H27NO2/c1-12-7-8-13(2)17(14(12)3)20-11-9-18-15(4)16-6-5-10-19-16/h7-8,15-16,18H,5-6,9-11H2,1-4H3. The zero-order chi connectivity index (χ0) is 14.5. The van der Waals surface area contributed by atoms with Gasteiger partial charge in [-0.3, -0.25) is 0 Å². The summed E-state index contributed by atoms with van der Waals surface area (Å²) < 4.78 is 11.6. The fourth-order valence-electron chi connectivity index (χ4n) is 2.72. The number of hydrogen-bond acceptors (Lipinski definition) is 3. The number of benzene rings is 1. The van der Waals surface area contributed by atoms with Gasteiger partial charge in [0.05, 0.1) is 6.10 Å². The number of hydrogen-bond donors (Lipinski definition) is 1. The molecule has 2 atom stereocenters. The van der Waals surface area contributed by atoms with Gasteiger partial charge in [0.25, 0.3) is 0 Å². The van der Waals surface area contributed by atoms with E-state index in [-0.39, 0.29) is 0 Å². The van der Waals surface area contributed by atoms with Crippen molar-refractivity contribution in [1.29, 1.82) is 0 Å². The molecule has 1 heterocycles. The highest BCUT2D eigenvalue weighted by Gasteiger charge is 2.21. The van der Waals surface area contributed by atoms with Crippen molar-refractivity contribution in [2.75, 3.05) is 19.8 Å². The Kier molecular flexibility index (Phi) is 5.44. The molecule has 0 aliphatic carbocycles. The van der Waals surface area contributed by atoms with Crippen LogP contribution in [0.5, 0.6) is 5.75 Å². The van der Waals surface area contributed by atoms with Crippen molar-refractivity contribution >= 4 is 0 Å². The van der Waals surface area contributed by atoms with E-state index in [0.29, 0.717) is 18.8 Å². The number of nitrogens with one attached hydrogen (secondary N) is 1. The predicted octanol–water partition coefficient (Wildman–Crippen LogP) is 3.15. The molecule has 3 heteroatoms. The predicted molar refractivity (Wildman–Crippen MR) is 82.6 cm³/mol. The van der Waals surface area contributed by atoms with E-state index in [1.54, 1.807) is 0 Å². The lowest BCUT2D eigenvalue weighted by atomic mass is 10.1. The van der Waals surface area contributed by atoms with Gasteiger partial charge < -0.3 is 14.8 Å². The Morgan fingerprint density at radius 2 is 2.05 bits per heavy atom. The third kappa shape index (κ3) is 3.74. The Labute approximate surface area is 122 Å². The van der Waals surface area contributed by atoms with Gasteiger partial charge in [-0.1, -0.05) is 12.1 Å². The highest BCUT2D eigenvalue weighted by molar-refractivity contribution is 5.44. The minimum absolute atomic E-state index is 0.373.